The molecule has 2 saturated carbocycles. The molecule has 2 aromatic rings. The van der Waals surface area contributed by atoms with Crippen molar-refractivity contribution in [2.24, 2.45) is 0 Å². The van der Waals surface area contributed by atoms with Gasteiger partial charge < -0.3 is 9.64 Å². The first-order chi connectivity index (χ1) is 16.8. The van der Waals surface area contributed by atoms with Crippen molar-refractivity contribution in [3.05, 3.63) is 46.4 Å². The lowest BCUT2D eigenvalue weighted by Crippen LogP contribution is -2.51. The van der Waals surface area contributed by atoms with Crippen molar-refractivity contribution in [3.63, 3.8) is 0 Å². The quantitative estimate of drug-likeness (QED) is 0.596. The van der Waals surface area contributed by atoms with Crippen molar-refractivity contribution in [1.29, 1.82) is 0 Å². The lowest BCUT2D eigenvalue weighted by atomic mass is 10.2. The van der Waals surface area contributed by atoms with Crippen LogP contribution in [0.4, 0.5) is 14.5 Å². The van der Waals surface area contributed by atoms with Gasteiger partial charge in [-0.15, -0.1) is 0 Å². The maximum Gasteiger partial charge on any atom is 0.316 e. The molecule has 1 aliphatic heterocycles. The van der Waals surface area contributed by atoms with Gasteiger partial charge in [0.2, 0.25) is 15.8 Å². The molecule has 2 heterocycles. The molecule has 1 aromatic heterocycles. The van der Waals surface area contributed by atoms with Crippen LogP contribution >= 0.6 is 0 Å². The summed E-state index contributed by atoms with van der Waals surface area (Å²) in [5, 5.41) is 3.89. The minimum absolute atomic E-state index is 0.0252. The highest BCUT2D eigenvalue weighted by atomic mass is 32.2. The Balaban J connectivity index is 1.43. The number of anilines is 1. The average molecular weight is 509 g/mol. The van der Waals surface area contributed by atoms with Crippen LogP contribution in [0.15, 0.2) is 29.2 Å². The fourth-order valence-electron chi connectivity index (χ4n) is 5.36. The van der Waals surface area contributed by atoms with Crippen LogP contribution in [-0.4, -0.2) is 60.0 Å². The van der Waals surface area contributed by atoms with Gasteiger partial charge >= 0.3 is 5.56 Å². The van der Waals surface area contributed by atoms with Crippen LogP contribution in [-0.2, 0) is 10.0 Å². The maximum atomic E-state index is 13.8. The zero-order chi connectivity index (χ0) is 24.6. The van der Waals surface area contributed by atoms with E-state index in [1.807, 2.05) is 4.90 Å². The van der Waals surface area contributed by atoms with Crippen LogP contribution in [0, 0.1) is 11.6 Å². The van der Waals surface area contributed by atoms with Gasteiger partial charge in [0.15, 0.2) is 0 Å². The SMILES string of the molecule is O=c1c(OC2CCCC2)c(N2CCN(S(=O)(=O)C3CCCC3)CC2)cnn1-c1cc(F)cc(F)c1. The number of aromatic nitrogens is 2. The lowest BCUT2D eigenvalue weighted by molar-refractivity contribution is 0.205. The first-order valence-corrected chi connectivity index (χ1v) is 13.8. The van der Waals surface area contributed by atoms with Crippen molar-refractivity contribution in [3.8, 4) is 11.4 Å². The number of ether oxygens (including phenoxy) is 1. The predicted octanol–water partition coefficient (Wildman–Crippen LogP) is 3.23. The molecule has 0 atom stereocenters. The van der Waals surface area contributed by atoms with Crippen molar-refractivity contribution in [2.75, 3.05) is 31.1 Å². The number of benzene rings is 1. The summed E-state index contributed by atoms with van der Waals surface area (Å²) >= 11 is 0. The van der Waals surface area contributed by atoms with Crippen LogP contribution in [0.2, 0.25) is 0 Å². The number of rotatable bonds is 6. The second-order valence-corrected chi connectivity index (χ2v) is 11.8. The molecular weight excluding hydrogens is 478 g/mol. The smallest absolute Gasteiger partial charge is 0.316 e. The molecule has 2 aliphatic carbocycles. The van der Waals surface area contributed by atoms with E-state index in [-0.39, 0.29) is 22.8 Å². The minimum Gasteiger partial charge on any atom is -0.483 e. The molecule has 0 unspecified atom stereocenters. The van der Waals surface area contributed by atoms with E-state index < -0.39 is 27.2 Å². The van der Waals surface area contributed by atoms with Crippen LogP contribution in [0.3, 0.4) is 0 Å². The normalized spacial score (nSPS) is 20.6. The Morgan fingerprint density at radius 3 is 2.11 bits per heavy atom. The molecule has 190 valence electrons. The maximum absolute atomic E-state index is 13.8. The fraction of sp³-hybridized carbons (Fsp3) is 0.583. The third-order valence-corrected chi connectivity index (χ3v) is 9.65. The van der Waals surface area contributed by atoms with Crippen molar-refractivity contribution < 1.29 is 21.9 Å². The number of hydrogen-bond acceptors (Lipinski definition) is 6. The molecule has 0 radical (unpaired) electrons. The predicted molar refractivity (Wildman–Crippen MR) is 128 cm³/mol. The molecule has 35 heavy (non-hydrogen) atoms. The molecule has 11 heteroatoms. The van der Waals surface area contributed by atoms with Crippen molar-refractivity contribution in [1.82, 2.24) is 14.1 Å². The summed E-state index contributed by atoms with van der Waals surface area (Å²) in [6, 6.07) is 2.82. The lowest BCUT2D eigenvalue weighted by Gasteiger charge is -2.37. The molecule has 5 rings (SSSR count). The van der Waals surface area contributed by atoms with Gasteiger partial charge in [0.1, 0.15) is 17.3 Å². The average Bonchev–Trinajstić information content (AvgIpc) is 3.55. The molecular formula is C24H30F2N4O4S. The molecule has 0 amide bonds. The zero-order valence-corrected chi connectivity index (χ0v) is 20.4. The molecule has 0 N–H and O–H groups in total. The Morgan fingerprint density at radius 2 is 1.49 bits per heavy atom. The third-order valence-electron chi connectivity index (χ3n) is 7.26. The van der Waals surface area contributed by atoms with Gasteiger partial charge in [-0.1, -0.05) is 12.8 Å². The number of piperazine rings is 1. The van der Waals surface area contributed by atoms with Crippen molar-refractivity contribution in [2.45, 2.75) is 62.7 Å². The van der Waals surface area contributed by atoms with Gasteiger partial charge in [-0.3, -0.25) is 4.79 Å². The van der Waals surface area contributed by atoms with E-state index in [0.29, 0.717) is 44.7 Å². The van der Waals surface area contributed by atoms with Gasteiger partial charge in [0.05, 0.1) is 23.2 Å². The Morgan fingerprint density at radius 1 is 0.886 bits per heavy atom. The van der Waals surface area contributed by atoms with E-state index in [0.717, 1.165) is 61.4 Å². The third kappa shape index (κ3) is 4.93. The number of nitrogens with zero attached hydrogens (tertiary/aromatic N) is 4. The monoisotopic (exact) mass is 508 g/mol. The van der Waals surface area contributed by atoms with E-state index in [1.165, 1.54) is 6.20 Å². The number of hydrogen-bond donors (Lipinski definition) is 0. The van der Waals surface area contributed by atoms with Crippen LogP contribution in [0.5, 0.6) is 5.75 Å². The van der Waals surface area contributed by atoms with Gasteiger partial charge in [-0.05, 0) is 50.7 Å². The highest BCUT2D eigenvalue weighted by molar-refractivity contribution is 7.89. The van der Waals surface area contributed by atoms with E-state index in [1.54, 1.807) is 4.31 Å². The fourth-order valence-corrected chi connectivity index (χ4v) is 7.39. The summed E-state index contributed by atoms with van der Waals surface area (Å²) in [6.07, 6.45) is 8.33. The van der Waals surface area contributed by atoms with E-state index >= 15 is 0 Å². The van der Waals surface area contributed by atoms with E-state index in [9.17, 15) is 22.0 Å². The van der Waals surface area contributed by atoms with E-state index in [4.69, 9.17) is 4.74 Å². The largest absolute Gasteiger partial charge is 0.483 e. The summed E-state index contributed by atoms with van der Waals surface area (Å²) < 4.78 is 62.3. The standard InChI is InChI=1S/C24H30F2N4O4S/c25-17-13-18(26)15-19(14-17)30-24(31)23(34-20-5-1-2-6-20)22(16-27-30)28-9-11-29(12-10-28)35(32,33)21-7-3-4-8-21/h13-16,20-21H,1-12H2. The summed E-state index contributed by atoms with van der Waals surface area (Å²) in [7, 11) is -3.33. The summed E-state index contributed by atoms with van der Waals surface area (Å²) in [5.41, 5.74) is -0.142. The van der Waals surface area contributed by atoms with Gasteiger partial charge in [-0.25, -0.2) is 17.2 Å². The highest BCUT2D eigenvalue weighted by Gasteiger charge is 2.36. The molecule has 0 bridgehead atoms. The Kier molecular flexibility index (Phi) is 6.80. The Bertz CT molecular complexity index is 1210. The zero-order valence-electron chi connectivity index (χ0n) is 19.5. The topological polar surface area (TPSA) is 84.7 Å². The minimum atomic E-state index is -3.33. The van der Waals surface area contributed by atoms with Gasteiger partial charge in [-0.2, -0.15) is 14.1 Å². The second kappa shape index (κ2) is 9.85. The summed E-state index contributed by atoms with van der Waals surface area (Å²) in [4.78, 5) is 15.4. The van der Waals surface area contributed by atoms with Gasteiger partial charge in [0.25, 0.3) is 0 Å². The first kappa shape index (κ1) is 24.2. The molecule has 1 saturated heterocycles. The molecule has 3 fully saturated rings. The summed E-state index contributed by atoms with van der Waals surface area (Å²) in [5.74, 6) is -1.53. The Labute approximate surface area is 203 Å². The molecule has 3 aliphatic rings. The van der Waals surface area contributed by atoms with Gasteiger partial charge in [0, 0.05) is 32.2 Å². The molecule has 8 nitrogen and oxygen atoms in total. The van der Waals surface area contributed by atoms with E-state index in [2.05, 4.69) is 5.10 Å². The van der Waals surface area contributed by atoms with Crippen LogP contribution in [0.25, 0.3) is 5.69 Å². The second-order valence-electron chi connectivity index (χ2n) is 9.57. The van der Waals surface area contributed by atoms with Crippen LogP contribution < -0.4 is 15.2 Å². The number of halogens is 2. The molecule has 0 spiro atoms. The Hall–Kier alpha value is -2.53. The van der Waals surface area contributed by atoms with Crippen molar-refractivity contribution >= 4 is 15.7 Å². The van der Waals surface area contributed by atoms with Crippen LogP contribution in [0.1, 0.15) is 51.4 Å². The molecule has 1 aromatic carbocycles. The number of sulfonamides is 1. The first-order valence-electron chi connectivity index (χ1n) is 12.3. The highest BCUT2D eigenvalue weighted by Crippen LogP contribution is 2.32. The summed E-state index contributed by atoms with van der Waals surface area (Å²) in [6.45, 7) is 1.43.